The Hall–Kier alpha value is -0.160. The van der Waals surface area contributed by atoms with Crippen molar-refractivity contribution >= 4 is 0 Å². The Bertz CT molecular complexity index is 207. The molecule has 0 spiro atoms. The van der Waals surface area contributed by atoms with Crippen LogP contribution >= 0.6 is 0 Å². The van der Waals surface area contributed by atoms with Crippen molar-refractivity contribution in [3.63, 3.8) is 0 Å². The van der Waals surface area contributed by atoms with Crippen molar-refractivity contribution in [1.82, 2.24) is 0 Å². The zero-order valence-corrected chi connectivity index (χ0v) is 10.2. The Morgan fingerprint density at radius 2 is 1.93 bits per heavy atom. The molecule has 0 amide bonds. The van der Waals surface area contributed by atoms with E-state index in [2.05, 4.69) is 0 Å². The van der Waals surface area contributed by atoms with E-state index in [1.54, 1.807) is 28.1 Å². The summed E-state index contributed by atoms with van der Waals surface area (Å²) in [6.07, 6.45) is 1.11. The van der Waals surface area contributed by atoms with Gasteiger partial charge in [0.1, 0.15) is 5.60 Å². The van der Waals surface area contributed by atoms with Crippen LogP contribution in [0.15, 0.2) is 0 Å². The maximum Gasteiger partial charge on any atom is 0.185 e. The fraction of sp³-hybridized carbons (Fsp3) is 1.00. The molecule has 0 aliphatic carbocycles. The molecule has 0 aromatic carbocycles. The third-order valence-electron chi connectivity index (χ3n) is 3.03. The highest BCUT2D eigenvalue weighted by Crippen LogP contribution is 2.38. The van der Waals surface area contributed by atoms with Crippen molar-refractivity contribution < 1.29 is 19.3 Å². The van der Waals surface area contributed by atoms with E-state index in [0.717, 1.165) is 12.8 Å². The number of hydrogen-bond acceptors (Lipinski definition) is 4. The number of rotatable bonds is 4. The first-order valence-corrected chi connectivity index (χ1v) is 5.29. The fourth-order valence-electron chi connectivity index (χ4n) is 2.13. The average Bonchev–Trinajstić information content (AvgIpc) is 2.50. The van der Waals surface area contributed by atoms with Crippen LogP contribution in [0.3, 0.4) is 0 Å². The third-order valence-corrected chi connectivity index (χ3v) is 3.03. The van der Waals surface area contributed by atoms with Gasteiger partial charge >= 0.3 is 0 Å². The molecule has 1 aliphatic heterocycles. The van der Waals surface area contributed by atoms with Crippen LogP contribution in [-0.4, -0.2) is 42.9 Å². The van der Waals surface area contributed by atoms with Gasteiger partial charge in [-0.15, -0.1) is 0 Å². The summed E-state index contributed by atoms with van der Waals surface area (Å²) in [5.41, 5.74) is -1.28. The van der Waals surface area contributed by atoms with Gasteiger partial charge in [0.15, 0.2) is 6.29 Å². The molecule has 0 bridgehead atoms. The molecule has 1 aliphatic rings. The van der Waals surface area contributed by atoms with E-state index < -0.39 is 11.2 Å². The van der Waals surface area contributed by atoms with Gasteiger partial charge in [-0.2, -0.15) is 0 Å². The van der Waals surface area contributed by atoms with E-state index in [9.17, 15) is 5.11 Å². The van der Waals surface area contributed by atoms with Crippen LogP contribution in [0.2, 0.25) is 0 Å². The lowest BCUT2D eigenvalue weighted by Gasteiger charge is -2.34. The number of ether oxygens (including phenoxy) is 3. The highest BCUT2D eigenvalue weighted by molar-refractivity contribution is 4.93. The van der Waals surface area contributed by atoms with Gasteiger partial charge in [0, 0.05) is 14.2 Å². The van der Waals surface area contributed by atoms with E-state index in [0.29, 0.717) is 0 Å². The topological polar surface area (TPSA) is 47.9 Å². The summed E-state index contributed by atoms with van der Waals surface area (Å²) in [6, 6.07) is 0. The van der Waals surface area contributed by atoms with E-state index in [4.69, 9.17) is 14.2 Å². The molecule has 90 valence electrons. The second-order valence-corrected chi connectivity index (χ2v) is 4.91. The maximum absolute atomic E-state index is 9.87. The summed E-state index contributed by atoms with van der Waals surface area (Å²) in [5, 5.41) is 9.87. The molecular formula is C11H22O4. The van der Waals surface area contributed by atoms with Crippen LogP contribution in [0.25, 0.3) is 0 Å². The Kier molecular flexibility index (Phi) is 3.76. The minimum Gasteiger partial charge on any atom is -0.388 e. The summed E-state index contributed by atoms with van der Waals surface area (Å²) < 4.78 is 16.3. The molecule has 15 heavy (non-hydrogen) atoms. The van der Waals surface area contributed by atoms with E-state index >= 15 is 0 Å². The van der Waals surface area contributed by atoms with Gasteiger partial charge in [-0.25, -0.2) is 0 Å². The fourth-order valence-corrected chi connectivity index (χ4v) is 2.13. The van der Waals surface area contributed by atoms with E-state index in [-0.39, 0.29) is 12.4 Å². The first-order chi connectivity index (χ1) is 6.83. The van der Waals surface area contributed by atoms with Crippen LogP contribution in [0.5, 0.6) is 0 Å². The molecule has 0 aromatic rings. The molecule has 0 unspecified atom stereocenters. The molecule has 2 atom stereocenters. The second kappa shape index (κ2) is 4.37. The second-order valence-electron chi connectivity index (χ2n) is 4.91. The molecule has 1 N–H and O–H groups in total. The summed E-state index contributed by atoms with van der Waals surface area (Å²) in [4.78, 5) is 0. The molecule has 0 radical (unpaired) electrons. The van der Waals surface area contributed by atoms with Crippen molar-refractivity contribution in [2.45, 2.75) is 57.2 Å². The molecule has 1 rings (SSSR count). The van der Waals surface area contributed by atoms with Crippen molar-refractivity contribution in [2.24, 2.45) is 0 Å². The molecule has 1 saturated heterocycles. The monoisotopic (exact) mass is 218 g/mol. The Labute approximate surface area is 91.5 Å². The third kappa shape index (κ3) is 2.69. The zero-order valence-electron chi connectivity index (χ0n) is 10.2. The number of methoxy groups -OCH3 is 2. The molecular weight excluding hydrogens is 196 g/mol. The Morgan fingerprint density at radius 3 is 2.27 bits per heavy atom. The highest BCUT2D eigenvalue weighted by Gasteiger charge is 2.47. The van der Waals surface area contributed by atoms with Gasteiger partial charge in [0.2, 0.25) is 0 Å². The van der Waals surface area contributed by atoms with E-state index in [1.165, 1.54) is 0 Å². The average molecular weight is 218 g/mol. The van der Waals surface area contributed by atoms with Gasteiger partial charge in [-0.3, -0.25) is 0 Å². The van der Waals surface area contributed by atoms with Crippen molar-refractivity contribution in [2.75, 3.05) is 14.2 Å². The lowest BCUT2D eigenvalue weighted by molar-refractivity contribution is -0.235. The van der Waals surface area contributed by atoms with Gasteiger partial charge < -0.3 is 19.3 Å². The molecule has 0 saturated carbocycles. The van der Waals surface area contributed by atoms with Crippen LogP contribution < -0.4 is 0 Å². The summed E-state index contributed by atoms with van der Waals surface area (Å²) >= 11 is 0. The predicted octanol–water partition coefficient (Wildman–Crippen LogP) is 1.31. The molecule has 1 heterocycles. The lowest BCUT2D eigenvalue weighted by Crippen LogP contribution is -2.45. The maximum atomic E-state index is 9.87. The lowest BCUT2D eigenvalue weighted by atomic mass is 9.96. The van der Waals surface area contributed by atoms with Crippen molar-refractivity contribution in [1.29, 1.82) is 0 Å². The normalized spacial score (nSPS) is 32.6. The van der Waals surface area contributed by atoms with Crippen LogP contribution in [0, 0.1) is 0 Å². The highest BCUT2D eigenvalue weighted by atomic mass is 16.7. The van der Waals surface area contributed by atoms with Gasteiger partial charge in [-0.1, -0.05) is 0 Å². The van der Waals surface area contributed by atoms with Crippen LogP contribution in [0.1, 0.15) is 33.6 Å². The smallest absolute Gasteiger partial charge is 0.185 e. The zero-order chi connectivity index (χ0) is 11.7. The Morgan fingerprint density at radius 1 is 1.40 bits per heavy atom. The predicted molar refractivity (Wildman–Crippen MR) is 56.6 cm³/mol. The Balaban J connectivity index is 2.68. The van der Waals surface area contributed by atoms with Gasteiger partial charge in [0.25, 0.3) is 0 Å². The minimum atomic E-state index is -0.816. The standard InChI is InChI=1S/C11H22O4/c1-10(2,12)8-6-7-11(3,15-8)9(13-4)14-5/h8-9,12H,6-7H2,1-5H3/t8-,11-/m0/s1. The minimum absolute atomic E-state index is 0.157. The van der Waals surface area contributed by atoms with E-state index in [1.807, 2.05) is 6.92 Å². The molecule has 4 nitrogen and oxygen atoms in total. The van der Waals surface area contributed by atoms with Crippen LogP contribution in [0.4, 0.5) is 0 Å². The quantitative estimate of drug-likeness (QED) is 0.723. The van der Waals surface area contributed by atoms with Gasteiger partial charge in [0.05, 0.1) is 11.7 Å². The summed E-state index contributed by atoms with van der Waals surface area (Å²) in [7, 11) is 3.19. The SMILES string of the molecule is COC(OC)[C@]1(C)CC[C@@H](C(C)(C)O)O1. The van der Waals surface area contributed by atoms with Gasteiger partial charge in [-0.05, 0) is 33.6 Å². The molecule has 0 aromatic heterocycles. The van der Waals surface area contributed by atoms with Crippen molar-refractivity contribution in [3.05, 3.63) is 0 Å². The van der Waals surface area contributed by atoms with Crippen LogP contribution in [-0.2, 0) is 14.2 Å². The first kappa shape index (κ1) is 12.9. The summed E-state index contributed by atoms with van der Waals surface area (Å²) in [5.74, 6) is 0. The van der Waals surface area contributed by atoms with Crippen molar-refractivity contribution in [3.8, 4) is 0 Å². The summed E-state index contributed by atoms with van der Waals surface area (Å²) in [6.45, 7) is 5.48. The number of aliphatic hydroxyl groups is 1. The largest absolute Gasteiger partial charge is 0.388 e. The first-order valence-electron chi connectivity index (χ1n) is 5.29. The number of hydrogen-bond donors (Lipinski definition) is 1. The molecule has 1 fully saturated rings. The molecule has 4 heteroatoms.